The Morgan fingerprint density at radius 1 is 0.771 bits per heavy atom. The van der Waals surface area contributed by atoms with Crippen LogP contribution in [0.5, 0.6) is 0 Å². The minimum Gasteiger partial charge on any atom is -0.455 e. The van der Waals surface area contributed by atoms with E-state index in [0.29, 0.717) is 12.8 Å². The van der Waals surface area contributed by atoms with Crippen molar-refractivity contribution < 1.29 is 33.1 Å². The fourth-order valence-electron chi connectivity index (χ4n) is 5.70. The largest absolute Gasteiger partial charge is 0.455 e. The number of carbonyl (C=O) groups is 2. The van der Waals surface area contributed by atoms with Crippen LogP contribution in [0.25, 0.3) is 0 Å². The molecule has 0 aliphatic carbocycles. The van der Waals surface area contributed by atoms with Crippen LogP contribution in [0, 0.1) is 6.92 Å². The molecule has 0 spiro atoms. The second kappa shape index (κ2) is 26.5. The Morgan fingerprint density at radius 3 is 1.58 bits per heavy atom. The van der Waals surface area contributed by atoms with E-state index in [2.05, 4.69) is 18.8 Å². The zero-order valence-corrected chi connectivity index (χ0v) is 31.1. The van der Waals surface area contributed by atoms with E-state index in [1.807, 2.05) is 0 Å². The van der Waals surface area contributed by atoms with Crippen LogP contribution in [0.2, 0.25) is 0 Å². The molecular weight excluding hydrogens is 636 g/mol. The van der Waals surface area contributed by atoms with Crippen LogP contribution >= 0.6 is 0 Å². The number of nitrogens with zero attached hydrogens (tertiary/aromatic N) is 1. The Labute approximate surface area is 290 Å². The highest BCUT2D eigenvalue weighted by Crippen LogP contribution is 2.34. The lowest BCUT2D eigenvalue weighted by atomic mass is 10.1. The lowest BCUT2D eigenvalue weighted by Crippen LogP contribution is -2.43. The first-order valence-electron chi connectivity index (χ1n) is 18.3. The van der Waals surface area contributed by atoms with Crippen LogP contribution in [0.15, 0.2) is 15.8 Å². The fourth-order valence-corrected chi connectivity index (χ4v) is 5.70. The van der Waals surface area contributed by atoms with E-state index in [1.165, 1.54) is 70.4 Å². The molecule has 4 atom stereocenters. The van der Waals surface area contributed by atoms with Gasteiger partial charge in [0.25, 0.3) is 5.56 Å². The van der Waals surface area contributed by atoms with Crippen LogP contribution in [0.1, 0.15) is 154 Å². The summed E-state index contributed by atoms with van der Waals surface area (Å²) in [5, 5.41) is 10.1. The molecule has 1 fully saturated rings. The molecule has 48 heavy (non-hydrogen) atoms. The Morgan fingerprint density at radius 2 is 1.17 bits per heavy atom. The van der Waals surface area contributed by atoms with Crippen LogP contribution in [-0.2, 0) is 34.6 Å². The first-order chi connectivity index (χ1) is 23.0. The molecule has 0 bridgehead atoms. The quantitative estimate of drug-likeness (QED) is 0.0922. The van der Waals surface area contributed by atoms with Crippen molar-refractivity contribution in [3.63, 3.8) is 0 Å². The number of nitrogens with one attached hydrogen (secondary N) is 1. The van der Waals surface area contributed by atoms with Crippen LogP contribution in [0.3, 0.4) is 0 Å². The summed E-state index contributed by atoms with van der Waals surface area (Å²) in [5.74, 6) is -0.954. The third-order valence-electron chi connectivity index (χ3n) is 8.39. The van der Waals surface area contributed by atoms with Gasteiger partial charge in [0, 0.05) is 47.9 Å². The number of aryl methyl sites for hydroxylation is 1. The van der Waals surface area contributed by atoms with Gasteiger partial charge in [-0.1, -0.05) is 117 Å². The lowest BCUT2D eigenvalue weighted by molar-refractivity contribution is -0.169. The third-order valence-corrected chi connectivity index (χ3v) is 8.39. The average molecular weight is 701 g/mol. The van der Waals surface area contributed by atoms with Gasteiger partial charge in [-0.15, -0.1) is 0 Å². The molecular formula is C36H64N2O9S. The van der Waals surface area contributed by atoms with E-state index in [-0.39, 0.29) is 18.4 Å². The maximum absolute atomic E-state index is 12.9. The molecule has 2 heterocycles. The molecule has 2 rings (SSSR count). The number of rotatable bonds is 24. The van der Waals surface area contributed by atoms with Crippen molar-refractivity contribution in [3.05, 3.63) is 32.6 Å². The number of hydrogen-bond acceptors (Lipinski definition) is 9. The molecule has 0 radical (unpaired) electrons. The van der Waals surface area contributed by atoms with Crippen LogP contribution in [0.4, 0.5) is 0 Å². The second-order valence-electron chi connectivity index (χ2n) is 13.0. The zero-order valence-electron chi connectivity index (χ0n) is 30.3. The molecule has 12 heteroatoms. The number of aromatic amines is 1. The van der Waals surface area contributed by atoms with Crippen molar-refractivity contribution in [3.8, 4) is 0 Å². The summed E-state index contributed by atoms with van der Waals surface area (Å²) in [6, 6.07) is 0. The summed E-state index contributed by atoms with van der Waals surface area (Å²) in [5.41, 5.74) is -1.02. The predicted molar refractivity (Wildman–Crippen MR) is 190 cm³/mol. The summed E-state index contributed by atoms with van der Waals surface area (Å²) in [4.78, 5) is 52.7. The molecule has 1 aromatic rings. The van der Waals surface area contributed by atoms with Gasteiger partial charge in [-0.05, 0) is 19.8 Å². The Balaban J connectivity index is 0.00000272. The normalized spacial score (nSPS) is 18.8. The average Bonchev–Trinajstić information content (AvgIpc) is 3.36. The molecule has 0 unspecified atom stereocenters. The number of carbonyl (C=O) groups excluding carboxylic acids is 2. The SMILES string of the molecule is CCCCCCCCCCCC(=O)O[C@@H]1[C@H](OC(=O)CCCCCCCCCCC)[C@@H](CO)O[C@H]1n1cc(C)c(=O)[nH]c1=O.CS(C)=O. The molecule has 1 aromatic heterocycles. The zero-order chi connectivity index (χ0) is 35.7. The first kappa shape index (κ1) is 43.7. The van der Waals surface area contributed by atoms with E-state index in [9.17, 15) is 28.5 Å². The number of esters is 2. The van der Waals surface area contributed by atoms with Crippen molar-refractivity contribution in [2.45, 2.75) is 174 Å². The number of hydrogen-bond donors (Lipinski definition) is 2. The minimum absolute atomic E-state index is 0.182. The van der Waals surface area contributed by atoms with Crippen molar-refractivity contribution in [2.75, 3.05) is 19.1 Å². The molecule has 0 amide bonds. The Bertz CT molecular complexity index is 1160. The summed E-state index contributed by atoms with van der Waals surface area (Å²) < 4.78 is 28.2. The second-order valence-corrected chi connectivity index (χ2v) is 14.5. The number of aromatic nitrogens is 2. The monoisotopic (exact) mass is 700 g/mol. The van der Waals surface area contributed by atoms with Gasteiger partial charge >= 0.3 is 17.6 Å². The third kappa shape index (κ3) is 18.5. The van der Waals surface area contributed by atoms with Gasteiger partial charge in [0.15, 0.2) is 18.4 Å². The summed E-state index contributed by atoms with van der Waals surface area (Å²) >= 11 is 0. The number of H-pyrrole nitrogens is 1. The molecule has 0 saturated carbocycles. The number of aliphatic hydroxyl groups excluding tert-OH is 1. The van der Waals surface area contributed by atoms with Gasteiger partial charge in [-0.3, -0.25) is 28.1 Å². The van der Waals surface area contributed by atoms with Crippen molar-refractivity contribution in [1.29, 1.82) is 0 Å². The smallest absolute Gasteiger partial charge is 0.330 e. The van der Waals surface area contributed by atoms with Crippen molar-refractivity contribution >= 4 is 22.7 Å². The van der Waals surface area contributed by atoms with E-state index in [1.54, 1.807) is 19.4 Å². The van der Waals surface area contributed by atoms with E-state index >= 15 is 0 Å². The molecule has 1 saturated heterocycles. The van der Waals surface area contributed by atoms with Crippen molar-refractivity contribution in [1.82, 2.24) is 9.55 Å². The van der Waals surface area contributed by atoms with Gasteiger partial charge in [0.1, 0.15) is 6.10 Å². The number of aliphatic hydroxyl groups is 1. The summed E-state index contributed by atoms with van der Waals surface area (Å²) in [6.07, 6.45) is 20.6. The first-order valence-corrected chi connectivity index (χ1v) is 20.2. The Hall–Kier alpha value is -2.31. The van der Waals surface area contributed by atoms with Crippen molar-refractivity contribution in [2.24, 2.45) is 0 Å². The minimum atomic E-state index is -1.17. The van der Waals surface area contributed by atoms with E-state index < -0.39 is 65.1 Å². The molecule has 2 N–H and O–H groups in total. The van der Waals surface area contributed by atoms with Crippen LogP contribution in [-0.4, -0.2) is 68.2 Å². The fraction of sp³-hybridized carbons (Fsp3) is 0.833. The number of unbranched alkanes of at least 4 members (excludes halogenated alkanes) is 16. The van der Waals surface area contributed by atoms with E-state index in [0.717, 1.165) is 43.1 Å². The molecule has 278 valence electrons. The summed E-state index contributed by atoms with van der Waals surface area (Å²) in [6.45, 7) is 5.44. The van der Waals surface area contributed by atoms with Gasteiger partial charge < -0.3 is 19.3 Å². The molecule has 1 aliphatic heterocycles. The highest BCUT2D eigenvalue weighted by Gasteiger charge is 2.50. The topological polar surface area (TPSA) is 154 Å². The summed E-state index contributed by atoms with van der Waals surface area (Å²) in [7, 11) is -0.611. The Kier molecular flexibility index (Phi) is 24.2. The van der Waals surface area contributed by atoms with Crippen LogP contribution < -0.4 is 11.2 Å². The highest BCUT2D eigenvalue weighted by molar-refractivity contribution is 7.83. The lowest BCUT2D eigenvalue weighted by Gasteiger charge is -2.25. The molecule has 1 aliphatic rings. The standard InChI is InChI=1S/C34H58N2O8.C2H6OS/c1-4-6-8-10-12-14-16-18-20-22-28(38)43-30-27(25-37)42-33(36-24-26(3)32(40)35-34(36)41)31(30)44-29(39)23-21-19-17-15-13-11-9-7-5-2;1-4(2)3/h24,27,30-31,33,37H,4-23,25H2,1-3H3,(H,35,40,41);1-2H3/t27-,30-,31-,33-;/m1./s1. The van der Waals surface area contributed by atoms with Gasteiger partial charge in [-0.2, -0.15) is 0 Å². The maximum atomic E-state index is 12.9. The number of ether oxygens (including phenoxy) is 3. The highest BCUT2D eigenvalue weighted by atomic mass is 32.2. The molecule has 11 nitrogen and oxygen atoms in total. The van der Waals surface area contributed by atoms with Gasteiger partial charge in [0.05, 0.1) is 6.61 Å². The maximum Gasteiger partial charge on any atom is 0.330 e. The van der Waals surface area contributed by atoms with Gasteiger partial charge in [0.2, 0.25) is 0 Å². The van der Waals surface area contributed by atoms with E-state index in [4.69, 9.17) is 14.2 Å². The predicted octanol–water partition coefficient (Wildman–Crippen LogP) is 6.39. The van der Waals surface area contributed by atoms with Gasteiger partial charge in [-0.25, -0.2) is 4.79 Å². The molecule has 0 aromatic carbocycles.